The predicted molar refractivity (Wildman–Crippen MR) is 90.5 cm³/mol. The SMILES string of the molecule is CCNC(Cc1cc(Br)cs1)C1CC2CCC(C1)N2C. The summed E-state index contributed by atoms with van der Waals surface area (Å²) in [5.74, 6) is 0.851. The number of hydrogen-bond donors (Lipinski definition) is 1. The molecule has 0 amide bonds. The number of fused-ring (bicyclic) bond motifs is 2. The van der Waals surface area contributed by atoms with Crippen LogP contribution in [0.3, 0.4) is 0 Å². The lowest BCUT2D eigenvalue weighted by atomic mass is 9.83. The summed E-state index contributed by atoms with van der Waals surface area (Å²) in [4.78, 5) is 4.15. The van der Waals surface area contributed by atoms with E-state index in [1.54, 1.807) is 0 Å². The van der Waals surface area contributed by atoms with Crippen molar-refractivity contribution in [2.75, 3.05) is 13.6 Å². The van der Waals surface area contributed by atoms with Crippen molar-refractivity contribution >= 4 is 27.3 Å². The van der Waals surface area contributed by atoms with E-state index < -0.39 is 0 Å². The standard InChI is InChI=1S/C16H25BrN2S/c1-3-18-16(9-15-8-12(17)10-20-15)11-6-13-4-5-14(7-11)19(13)2/h8,10-11,13-14,16,18H,3-7,9H2,1-2H3. The minimum Gasteiger partial charge on any atom is -0.314 e. The minimum absolute atomic E-state index is 0.655. The van der Waals surface area contributed by atoms with Crippen molar-refractivity contribution in [3.8, 4) is 0 Å². The maximum Gasteiger partial charge on any atom is 0.0285 e. The van der Waals surface area contributed by atoms with Gasteiger partial charge in [0.2, 0.25) is 0 Å². The van der Waals surface area contributed by atoms with Gasteiger partial charge >= 0.3 is 0 Å². The molecule has 20 heavy (non-hydrogen) atoms. The van der Waals surface area contributed by atoms with Crippen LogP contribution in [0.15, 0.2) is 15.9 Å². The van der Waals surface area contributed by atoms with Crippen LogP contribution >= 0.6 is 27.3 Å². The predicted octanol–water partition coefficient (Wildman–Crippen LogP) is 3.90. The van der Waals surface area contributed by atoms with Crippen LogP contribution in [0.2, 0.25) is 0 Å². The summed E-state index contributed by atoms with van der Waals surface area (Å²) in [7, 11) is 2.33. The molecule has 4 heteroatoms. The Morgan fingerprint density at radius 3 is 2.65 bits per heavy atom. The van der Waals surface area contributed by atoms with Gasteiger partial charge in [0.15, 0.2) is 0 Å². The molecule has 0 spiro atoms. The first-order chi connectivity index (χ1) is 9.67. The van der Waals surface area contributed by atoms with Crippen LogP contribution in [-0.2, 0) is 6.42 Å². The van der Waals surface area contributed by atoms with Crippen LogP contribution in [-0.4, -0.2) is 36.6 Å². The van der Waals surface area contributed by atoms with Crippen molar-refractivity contribution < 1.29 is 0 Å². The molecule has 2 fully saturated rings. The fourth-order valence-corrected chi connectivity index (χ4v) is 5.64. The highest BCUT2D eigenvalue weighted by atomic mass is 79.9. The third-order valence-corrected chi connectivity index (χ3v) is 6.93. The summed E-state index contributed by atoms with van der Waals surface area (Å²) < 4.78 is 1.23. The van der Waals surface area contributed by atoms with Gasteiger partial charge in [-0.15, -0.1) is 11.3 Å². The fraction of sp³-hybridized carbons (Fsp3) is 0.750. The van der Waals surface area contributed by atoms with Gasteiger partial charge in [-0.2, -0.15) is 0 Å². The zero-order chi connectivity index (χ0) is 14.1. The summed E-state index contributed by atoms with van der Waals surface area (Å²) in [6, 6.07) is 4.63. The summed E-state index contributed by atoms with van der Waals surface area (Å²) in [5, 5.41) is 5.97. The third kappa shape index (κ3) is 3.13. The van der Waals surface area contributed by atoms with Crippen LogP contribution in [0.25, 0.3) is 0 Å². The topological polar surface area (TPSA) is 15.3 Å². The summed E-state index contributed by atoms with van der Waals surface area (Å²) >= 11 is 5.47. The first kappa shape index (κ1) is 15.0. The Balaban J connectivity index is 1.67. The number of likely N-dealkylation sites (N-methyl/N-ethyl adjacent to an activating group) is 1. The number of hydrogen-bond acceptors (Lipinski definition) is 3. The Morgan fingerprint density at radius 1 is 1.40 bits per heavy atom. The van der Waals surface area contributed by atoms with E-state index in [0.717, 1.165) is 24.5 Å². The molecule has 2 nitrogen and oxygen atoms in total. The van der Waals surface area contributed by atoms with Crippen molar-refractivity contribution in [1.29, 1.82) is 0 Å². The van der Waals surface area contributed by atoms with Crippen LogP contribution in [0.4, 0.5) is 0 Å². The number of piperidine rings is 1. The maximum absolute atomic E-state index is 3.77. The molecule has 0 aromatic carbocycles. The van der Waals surface area contributed by atoms with E-state index in [1.807, 2.05) is 11.3 Å². The van der Waals surface area contributed by atoms with E-state index in [4.69, 9.17) is 0 Å². The van der Waals surface area contributed by atoms with Gasteiger partial charge in [-0.3, -0.25) is 0 Å². The van der Waals surface area contributed by atoms with Gasteiger partial charge in [0, 0.05) is 32.9 Å². The van der Waals surface area contributed by atoms with E-state index in [0.29, 0.717) is 6.04 Å². The molecular weight excluding hydrogens is 332 g/mol. The van der Waals surface area contributed by atoms with Crippen molar-refractivity contribution in [2.45, 2.75) is 57.2 Å². The van der Waals surface area contributed by atoms with E-state index in [9.17, 15) is 0 Å². The van der Waals surface area contributed by atoms with E-state index in [1.165, 1.54) is 41.5 Å². The number of rotatable bonds is 5. The monoisotopic (exact) mass is 356 g/mol. The molecular formula is C16H25BrN2S. The molecule has 3 unspecified atom stereocenters. The second kappa shape index (κ2) is 6.47. The molecule has 0 saturated carbocycles. The zero-order valence-electron chi connectivity index (χ0n) is 12.4. The minimum atomic E-state index is 0.655. The molecule has 1 aromatic heterocycles. The van der Waals surface area contributed by atoms with Crippen molar-refractivity contribution in [1.82, 2.24) is 10.2 Å². The lowest BCUT2D eigenvalue weighted by Gasteiger charge is -2.40. The average molecular weight is 357 g/mol. The van der Waals surface area contributed by atoms with Gasteiger partial charge in [-0.1, -0.05) is 6.92 Å². The first-order valence-electron chi connectivity index (χ1n) is 7.85. The van der Waals surface area contributed by atoms with E-state index in [2.05, 4.69) is 51.6 Å². The Bertz CT molecular complexity index is 433. The van der Waals surface area contributed by atoms with Gasteiger partial charge in [0.25, 0.3) is 0 Å². The van der Waals surface area contributed by atoms with Gasteiger partial charge in [-0.25, -0.2) is 0 Å². The lowest BCUT2D eigenvalue weighted by molar-refractivity contribution is 0.113. The largest absolute Gasteiger partial charge is 0.314 e. The molecule has 0 radical (unpaired) electrons. The van der Waals surface area contributed by atoms with Crippen LogP contribution in [0.5, 0.6) is 0 Å². The number of nitrogens with one attached hydrogen (secondary N) is 1. The van der Waals surface area contributed by atoms with Crippen LogP contribution in [0, 0.1) is 5.92 Å². The summed E-state index contributed by atoms with van der Waals surface area (Å²) in [5.41, 5.74) is 0. The molecule has 112 valence electrons. The highest BCUT2D eigenvalue weighted by molar-refractivity contribution is 9.10. The second-order valence-corrected chi connectivity index (χ2v) is 8.29. The molecule has 1 N–H and O–H groups in total. The Kier molecular flexibility index (Phi) is 4.86. The molecule has 3 atom stereocenters. The van der Waals surface area contributed by atoms with Crippen molar-refractivity contribution in [2.24, 2.45) is 5.92 Å². The fourth-order valence-electron chi connectivity index (χ4n) is 4.13. The highest BCUT2D eigenvalue weighted by Crippen LogP contribution is 2.39. The maximum atomic E-state index is 3.77. The lowest BCUT2D eigenvalue weighted by Crippen LogP contribution is -2.47. The van der Waals surface area contributed by atoms with Crippen LogP contribution in [0.1, 0.15) is 37.5 Å². The Labute approximate surface area is 135 Å². The molecule has 1 aromatic rings. The van der Waals surface area contributed by atoms with Crippen LogP contribution < -0.4 is 5.32 Å². The van der Waals surface area contributed by atoms with Crippen molar-refractivity contribution in [3.05, 3.63) is 20.8 Å². The van der Waals surface area contributed by atoms with E-state index in [-0.39, 0.29) is 0 Å². The van der Waals surface area contributed by atoms with Gasteiger partial charge in [0.1, 0.15) is 0 Å². The smallest absolute Gasteiger partial charge is 0.0285 e. The quantitative estimate of drug-likeness (QED) is 0.860. The third-order valence-electron chi connectivity index (χ3n) is 5.21. The molecule has 2 aliphatic heterocycles. The van der Waals surface area contributed by atoms with E-state index >= 15 is 0 Å². The molecule has 2 bridgehead atoms. The molecule has 2 saturated heterocycles. The van der Waals surface area contributed by atoms with Gasteiger partial charge in [-0.05, 0) is 73.6 Å². The number of thiophene rings is 1. The normalized spacial score (nSPS) is 31.6. The number of nitrogens with zero attached hydrogens (tertiary/aromatic N) is 1. The highest BCUT2D eigenvalue weighted by Gasteiger charge is 2.40. The Morgan fingerprint density at radius 2 is 2.10 bits per heavy atom. The van der Waals surface area contributed by atoms with Gasteiger partial charge in [0.05, 0.1) is 0 Å². The van der Waals surface area contributed by atoms with Gasteiger partial charge < -0.3 is 10.2 Å². The molecule has 3 rings (SSSR count). The summed E-state index contributed by atoms with van der Waals surface area (Å²) in [6.45, 7) is 3.32. The molecule has 3 heterocycles. The molecule has 2 aliphatic rings. The zero-order valence-corrected chi connectivity index (χ0v) is 14.8. The number of halogens is 1. The molecule has 0 aliphatic carbocycles. The second-order valence-electron chi connectivity index (χ2n) is 6.38. The van der Waals surface area contributed by atoms with Crippen molar-refractivity contribution in [3.63, 3.8) is 0 Å². The first-order valence-corrected chi connectivity index (χ1v) is 9.53. The Hall–Kier alpha value is 0.1000. The summed E-state index contributed by atoms with van der Waals surface area (Å²) in [6.07, 6.45) is 6.80. The average Bonchev–Trinajstić information content (AvgIpc) is 2.89.